The van der Waals surface area contributed by atoms with Crippen LogP contribution in [0, 0.1) is 0 Å². The molecule has 4 aromatic rings. The molecular formula is C31H30N2O6. The van der Waals surface area contributed by atoms with E-state index in [0.29, 0.717) is 23.4 Å². The Hall–Kier alpha value is -4.85. The van der Waals surface area contributed by atoms with E-state index in [9.17, 15) is 14.4 Å². The minimum atomic E-state index is -1.12. The monoisotopic (exact) mass is 526 g/mol. The maximum absolute atomic E-state index is 12.8. The van der Waals surface area contributed by atoms with Crippen molar-refractivity contribution in [3.8, 4) is 22.6 Å². The molecule has 200 valence electrons. The maximum Gasteiger partial charge on any atom is 0.412 e. The number of aliphatic carboxylic acids is 1. The van der Waals surface area contributed by atoms with E-state index in [4.69, 9.17) is 14.6 Å². The topological polar surface area (TPSA) is 114 Å². The molecule has 8 nitrogen and oxygen atoms in total. The number of fused-ring (bicyclic) bond motifs is 2. The first-order valence-electron chi connectivity index (χ1n) is 12.7. The van der Waals surface area contributed by atoms with Gasteiger partial charge in [0.15, 0.2) is 0 Å². The highest BCUT2D eigenvalue weighted by Crippen LogP contribution is 2.45. The van der Waals surface area contributed by atoms with Crippen molar-refractivity contribution in [2.75, 3.05) is 13.1 Å². The van der Waals surface area contributed by atoms with Crippen LogP contribution in [0.3, 0.4) is 0 Å². The molecular weight excluding hydrogens is 496 g/mol. The number of benzene rings is 4. The zero-order valence-electron chi connectivity index (χ0n) is 21.7. The summed E-state index contributed by atoms with van der Waals surface area (Å²) in [5.41, 5.74) is 1.18. The molecule has 4 rings (SSSR count). The van der Waals surface area contributed by atoms with Crippen LogP contribution < -0.4 is 20.1 Å². The summed E-state index contributed by atoms with van der Waals surface area (Å²) in [7, 11) is 0. The van der Waals surface area contributed by atoms with Crippen LogP contribution in [0.1, 0.15) is 26.2 Å². The maximum atomic E-state index is 12.8. The Kier molecular flexibility index (Phi) is 8.78. The summed E-state index contributed by atoms with van der Waals surface area (Å²) < 4.78 is 11.6. The van der Waals surface area contributed by atoms with Gasteiger partial charge in [0.25, 0.3) is 0 Å². The molecule has 0 saturated carbocycles. The molecule has 0 spiro atoms. The first-order chi connectivity index (χ1) is 18.9. The second-order valence-electron chi connectivity index (χ2n) is 8.96. The predicted octanol–water partition coefficient (Wildman–Crippen LogP) is 6.67. The van der Waals surface area contributed by atoms with Crippen LogP contribution >= 0.6 is 0 Å². The summed E-state index contributed by atoms with van der Waals surface area (Å²) in [6.07, 6.45) is 0.521. The molecule has 0 radical (unpaired) electrons. The predicted molar refractivity (Wildman–Crippen MR) is 151 cm³/mol. The third-order valence-corrected chi connectivity index (χ3v) is 6.24. The zero-order chi connectivity index (χ0) is 27.8. The van der Waals surface area contributed by atoms with Crippen molar-refractivity contribution < 1.29 is 29.0 Å². The third-order valence-electron chi connectivity index (χ3n) is 6.24. The summed E-state index contributed by atoms with van der Waals surface area (Å²) in [6, 6.07) is 22.5. The smallest absolute Gasteiger partial charge is 0.412 e. The van der Waals surface area contributed by atoms with Gasteiger partial charge >= 0.3 is 18.2 Å². The fourth-order valence-corrected chi connectivity index (χ4v) is 4.25. The van der Waals surface area contributed by atoms with E-state index < -0.39 is 18.2 Å². The van der Waals surface area contributed by atoms with E-state index in [0.717, 1.165) is 34.4 Å². The molecule has 0 bridgehead atoms. The van der Waals surface area contributed by atoms with Gasteiger partial charge in [0.2, 0.25) is 0 Å². The molecule has 0 heterocycles. The normalized spacial score (nSPS) is 10.7. The Labute approximate surface area is 226 Å². The van der Waals surface area contributed by atoms with Gasteiger partial charge in [-0.25, -0.2) is 14.4 Å². The van der Waals surface area contributed by atoms with Crippen LogP contribution in [0.4, 0.5) is 9.59 Å². The van der Waals surface area contributed by atoms with Crippen LogP contribution in [0.15, 0.2) is 84.9 Å². The molecule has 39 heavy (non-hydrogen) atoms. The minimum absolute atomic E-state index is 0.0172. The Morgan fingerprint density at radius 2 is 1.23 bits per heavy atom. The number of amides is 2. The van der Waals surface area contributed by atoms with Crippen molar-refractivity contribution in [2.24, 2.45) is 0 Å². The lowest BCUT2D eigenvalue weighted by molar-refractivity contribution is -0.132. The van der Waals surface area contributed by atoms with Gasteiger partial charge in [-0.05, 0) is 46.5 Å². The van der Waals surface area contributed by atoms with E-state index in [1.807, 2.05) is 67.6 Å². The van der Waals surface area contributed by atoms with Gasteiger partial charge in [-0.1, -0.05) is 80.6 Å². The molecule has 4 aromatic carbocycles. The summed E-state index contributed by atoms with van der Waals surface area (Å²) in [5.74, 6) is -0.540. The summed E-state index contributed by atoms with van der Waals surface area (Å²) in [5, 5.41) is 17.8. The number of unbranched alkanes of at least 4 members (excludes halogenated alkanes) is 1. The second-order valence-corrected chi connectivity index (χ2v) is 8.96. The van der Waals surface area contributed by atoms with Crippen LogP contribution in [0.25, 0.3) is 32.7 Å². The van der Waals surface area contributed by atoms with E-state index in [2.05, 4.69) is 17.2 Å². The van der Waals surface area contributed by atoms with Gasteiger partial charge in [-0.15, -0.1) is 0 Å². The molecule has 0 saturated heterocycles. The molecule has 0 aromatic heterocycles. The van der Waals surface area contributed by atoms with Crippen molar-refractivity contribution in [2.45, 2.75) is 26.2 Å². The number of carbonyl (C=O) groups excluding carboxylic acids is 2. The van der Waals surface area contributed by atoms with Gasteiger partial charge in [-0.3, -0.25) is 0 Å². The van der Waals surface area contributed by atoms with Gasteiger partial charge in [0.1, 0.15) is 11.5 Å². The van der Waals surface area contributed by atoms with Crippen LogP contribution in [-0.2, 0) is 4.79 Å². The molecule has 0 aliphatic carbocycles. The summed E-state index contributed by atoms with van der Waals surface area (Å²) in [6.45, 7) is 6.05. The number of hydrogen-bond acceptors (Lipinski definition) is 5. The lowest BCUT2D eigenvalue weighted by Gasteiger charge is -2.19. The molecule has 3 N–H and O–H groups in total. The number of nitrogens with one attached hydrogen (secondary N) is 2. The van der Waals surface area contributed by atoms with E-state index in [1.54, 1.807) is 12.1 Å². The first kappa shape index (κ1) is 27.2. The SMILES string of the molecule is C=C(CCNC(=O)Oc1ccc2ccccc2c1-c1c(OC(=O)NCCCC)ccc2ccccc12)C(=O)O. The van der Waals surface area contributed by atoms with Crippen molar-refractivity contribution in [1.29, 1.82) is 0 Å². The Balaban J connectivity index is 1.79. The molecule has 8 heteroatoms. The Morgan fingerprint density at radius 1 is 0.744 bits per heavy atom. The Bertz CT molecular complexity index is 1550. The van der Waals surface area contributed by atoms with E-state index in [1.165, 1.54) is 0 Å². The molecule has 0 aliphatic heterocycles. The number of ether oxygens (including phenoxy) is 2. The van der Waals surface area contributed by atoms with Crippen LogP contribution in [0.2, 0.25) is 0 Å². The summed E-state index contributed by atoms with van der Waals surface area (Å²) in [4.78, 5) is 36.4. The molecule has 2 amide bonds. The first-order valence-corrected chi connectivity index (χ1v) is 12.7. The molecule has 0 fully saturated rings. The lowest BCUT2D eigenvalue weighted by atomic mass is 9.92. The fourth-order valence-electron chi connectivity index (χ4n) is 4.25. The van der Waals surface area contributed by atoms with Gasteiger partial charge in [-0.2, -0.15) is 0 Å². The molecule has 0 atom stereocenters. The average Bonchev–Trinajstić information content (AvgIpc) is 2.93. The minimum Gasteiger partial charge on any atom is -0.478 e. The molecule has 0 unspecified atom stereocenters. The summed E-state index contributed by atoms with van der Waals surface area (Å²) >= 11 is 0. The standard InChI is InChI=1S/C31H30N2O6/c1-3-4-18-32-30(36)38-25-15-13-21-9-5-7-11-23(21)27(25)28-24-12-8-6-10-22(24)14-16-26(28)39-31(37)33-19-17-20(2)29(34)35/h5-16H,2-4,17-19H2,1H3,(H,32,36)(H,33,37)(H,34,35). The lowest BCUT2D eigenvalue weighted by Crippen LogP contribution is -2.28. The highest BCUT2D eigenvalue weighted by Gasteiger charge is 2.22. The largest absolute Gasteiger partial charge is 0.478 e. The fraction of sp³-hybridized carbons (Fsp3) is 0.194. The number of carbonyl (C=O) groups is 3. The van der Waals surface area contributed by atoms with Crippen molar-refractivity contribution >= 4 is 39.7 Å². The van der Waals surface area contributed by atoms with Gasteiger partial charge in [0, 0.05) is 29.8 Å². The second kappa shape index (κ2) is 12.6. The van der Waals surface area contributed by atoms with Crippen molar-refractivity contribution in [1.82, 2.24) is 10.6 Å². The number of hydrogen-bond donors (Lipinski definition) is 3. The van der Waals surface area contributed by atoms with Crippen molar-refractivity contribution in [3.63, 3.8) is 0 Å². The van der Waals surface area contributed by atoms with Gasteiger partial charge in [0.05, 0.1) is 0 Å². The van der Waals surface area contributed by atoms with Crippen molar-refractivity contribution in [3.05, 3.63) is 84.9 Å². The highest BCUT2D eigenvalue weighted by atomic mass is 16.6. The van der Waals surface area contributed by atoms with E-state index in [-0.39, 0.29) is 24.3 Å². The highest BCUT2D eigenvalue weighted by molar-refractivity contribution is 6.10. The van der Waals surface area contributed by atoms with Gasteiger partial charge < -0.3 is 25.2 Å². The number of carboxylic acids is 1. The zero-order valence-corrected chi connectivity index (χ0v) is 21.7. The quantitative estimate of drug-likeness (QED) is 0.157. The number of carboxylic acid groups (broad SMARTS) is 1. The van der Waals surface area contributed by atoms with E-state index >= 15 is 0 Å². The Morgan fingerprint density at radius 3 is 1.72 bits per heavy atom. The van der Waals surface area contributed by atoms with Crippen LogP contribution in [-0.4, -0.2) is 36.4 Å². The third kappa shape index (κ3) is 6.54. The number of rotatable bonds is 10. The van der Waals surface area contributed by atoms with Crippen LogP contribution in [0.5, 0.6) is 11.5 Å². The molecule has 0 aliphatic rings. The average molecular weight is 527 g/mol.